The number of aliphatic hydroxyl groups is 1. The van der Waals surface area contributed by atoms with Crippen molar-refractivity contribution in [2.75, 3.05) is 12.4 Å². The van der Waals surface area contributed by atoms with Crippen molar-refractivity contribution in [3.05, 3.63) is 17.5 Å². The predicted molar refractivity (Wildman–Crippen MR) is 66.7 cm³/mol. The van der Waals surface area contributed by atoms with Crippen molar-refractivity contribution in [1.82, 2.24) is 14.8 Å². The first-order valence-corrected chi connectivity index (χ1v) is 6.86. The Bertz CT molecular complexity index is 439. The van der Waals surface area contributed by atoms with E-state index in [4.69, 9.17) is 5.11 Å². The fraction of sp³-hybridized carbons (Fsp3) is 0.400. The molecule has 4 nitrogen and oxygen atoms in total. The van der Waals surface area contributed by atoms with Gasteiger partial charge in [-0.1, -0.05) is 17.8 Å². The van der Waals surface area contributed by atoms with Gasteiger partial charge in [0.1, 0.15) is 0 Å². The number of thiophene rings is 1. The van der Waals surface area contributed by atoms with E-state index in [1.54, 1.807) is 23.1 Å². The van der Waals surface area contributed by atoms with Crippen LogP contribution in [0.15, 0.2) is 22.7 Å². The van der Waals surface area contributed by atoms with Crippen LogP contribution in [0.25, 0.3) is 10.7 Å². The van der Waals surface area contributed by atoms with Gasteiger partial charge in [0, 0.05) is 19.4 Å². The molecular formula is C10H13N3OS2. The number of hydrogen-bond acceptors (Lipinski definition) is 5. The summed E-state index contributed by atoms with van der Waals surface area (Å²) < 4.78 is 1.99. The summed E-state index contributed by atoms with van der Waals surface area (Å²) in [6.45, 7) is 0.225. The van der Waals surface area contributed by atoms with Crippen LogP contribution in [-0.4, -0.2) is 32.2 Å². The Morgan fingerprint density at radius 2 is 2.38 bits per heavy atom. The van der Waals surface area contributed by atoms with E-state index in [0.29, 0.717) is 0 Å². The second-order valence-electron chi connectivity index (χ2n) is 3.27. The Kier molecular flexibility index (Phi) is 3.98. The van der Waals surface area contributed by atoms with Gasteiger partial charge >= 0.3 is 0 Å². The largest absolute Gasteiger partial charge is 0.396 e. The van der Waals surface area contributed by atoms with Crippen LogP contribution in [0.4, 0.5) is 0 Å². The summed E-state index contributed by atoms with van der Waals surface area (Å²) in [4.78, 5) is 1.13. The number of hydrogen-bond donors (Lipinski definition) is 1. The molecule has 86 valence electrons. The van der Waals surface area contributed by atoms with Crippen LogP contribution in [0, 0.1) is 0 Å². The number of aliphatic hydroxyl groups excluding tert-OH is 1. The highest BCUT2D eigenvalue weighted by atomic mass is 32.2. The first-order chi connectivity index (χ1) is 7.83. The highest BCUT2D eigenvalue weighted by Gasteiger charge is 2.11. The third kappa shape index (κ3) is 2.45. The zero-order valence-corrected chi connectivity index (χ0v) is 10.6. The molecule has 6 heteroatoms. The maximum atomic E-state index is 8.71. The van der Waals surface area contributed by atoms with Crippen molar-refractivity contribution in [1.29, 1.82) is 0 Å². The monoisotopic (exact) mass is 255 g/mol. The van der Waals surface area contributed by atoms with E-state index in [9.17, 15) is 0 Å². The smallest absolute Gasteiger partial charge is 0.191 e. The average molecular weight is 255 g/mol. The molecule has 0 fully saturated rings. The van der Waals surface area contributed by atoms with Gasteiger partial charge in [-0.3, -0.25) is 0 Å². The second-order valence-corrected chi connectivity index (χ2v) is 5.28. The van der Waals surface area contributed by atoms with E-state index in [-0.39, 0.29) is 6.61 Å². The minimum atomic E-state index is 0.225. The lowest BCUT2D eigenvalue weighted by Crippen LogP contribution is -1.95. The Labute approximate surface area is 102 Å². The Morgan fingerprint density at radius 3 is 3.06 bits per heavy atom. The lowest BCUT2D eigenvalue weighted by Gasteiger charge is -2.01. The van der Waals surface area contributed by atoms with Crippen LogP contribution in [0.1, 0.15) is 6.42 Å². The zero-order valence-electron chi connectivity index (χ0n) is 8.96. The van der Waals surface area contributed by atoms with Crippen molar-refractivity contribution in [3.63, 3.8) is 0 Å². The van der Waals surface area contributed by atoms with E-state index >= 15 is 0 Å². The fourth-order valence-electron chi connectivity index (χ4n) is 1.29. The number of thioether (sulfide) groups is 1. The molecule has 0 aliphatic carbocycles. The molecule has 0 amide bonds. The standard InChI is InChI=1S/C10H13N3OS2/c1-13-9(8-4-2-6-15-8)11-12-10(13)16-7-3-5-14/h2,4,6,14H,3,5,7H2,1H3. The van der Waals surface area contributed by atoms with Crippen LogP contribution >= 0.6 is 23.1 Å². The van der Waals surface area contributed by atoms with E-state index in [2.05, 4.69) is 10.2 Å². The molecular weight excluding hydrogens is 242 g/mol. The lowest BCUT2D eigenvalue weighted by molar-refractivity contribution is 0.296. The zero-order chi connectivity index (χ0) is 11.4. The van der Waals surface area contributed by atoms with Crippen molar-refractivity contribution >= 4 is 23.1 Å². The number of rotatable bonds is 5. The maximum Gasteiger partial charge on any atom is 0.191 e. The third-order valence-electron chi connectivity index (χ3n) is 2.11. The van der Waals surface area contributed by atoms with Crippen LogP contribution in [-0.2, 0) is 7.05 Å². The third-order valence-corrected chi connectivity index (χ3v) is 4.08. The quantitative estimate of drug-likeness (QED) is 0.656. The molecule has 0 bridgehead atoms. The molecule has 2 aromatic rings. The van der Waals surface area contributed by atoms with Gasteiger partial charge in [-0.25, -0.2) is 0 Å². The molecule has 0 aliphatic rings. The highest BCUT2D eigenvalue weighted by molar-refractivity contribution is 7.99. The molecule has 1 N–H and O–H groups in total. The number of nitrogens with zero attached hydrogens (tertiary/aromatic N) is 3. The Hall–Kier alpha value is -0.850. The van der Waals surface area contributed by atoms with Gasteiger partial charge in [-0.05, 0) is 17.9 Å². The first kappa shape index (κ1) is 11.6. The normalized spacial score (nSPS) is 10.9. The fourth-order valence-corrected chi connectivity index (χ4v) is 2.87. The molecule has 0 aromatic carbocycles. The summed E-state index contributed by atoms with van der Waals surface area (Å²) >= 11 is 3.28. The summed E-state index contributed by atoms with van der Waals surface area (Å²) in [5.74, 6) is 1.77. The summed E-state index contributed by atoms with van der Waals surface area (Å²) in [5.41, 5.74) is 0. The van der Waals surface area contributed by atoms with Gasteiger partial charge < -0.3 is 9.67 Å². The van der Waals surface area contributed by atoms with Gasteiger partial charge in [-0.15, -0.1) is 21.5 Å². The molecule has 2 rings (SSSR count). The molecule has 2 aromatic heterocycles. The average Bonchev–Trinajstić information content (AvgIpc) is 2.89. The van der Waals surface area contributed by atoms with Gasteiger partial charge in [0.05, 0.1) is 4.88 Å². The number of aromatic nitrogens is 3. The molecule has 0 atom stereocenters. The molecule has 0 saturated heterocycles. The predicted octanol–water partition coefficient (Wildman–Crippen LogP) is 2.02. The minimum Gasteiger partial charge on any atom is -0.396 e. The van der Waals surface area contributed by atoms with Crippen LogP contribution in [0.3, 0.4) is 0 Å². The molecule has 16 heavy (non-hydrogen) atoms. The van der Waals surface area contributed by atoms with Crippen LogP contribution in [0.2, 0.25) is 0 Å². The maximum absolute atomic E-state index is 8.71. The Balaban J connectivity index is 2.12. The van der Waals surface area contributed by atoms with Gasteiger partial charge in [0.25, 0.3) is 0 Å². The summed E-state index contributed by atoms with van der Waals surface area (Å²) in [7, 11) is 1.97. The first-order valence-electron chi connectivity index (χ1n) is 5.00. The van der Waals surface area contributed by atoms with Gasteiger partial charge in [0.15, 0.2) is 11.0 Å². The van der Waals surface area contributed by atoms with E-state index in [1.165, 1.54) is 0 Å². The summed E-state index contributed by atoms with van der Waals surface area (Å²) in [6.07, 6.45) is 0.784. The van der Waals surface area contributed by atoms with Gasteiger partial charge in [0.2, 0.25) is 0 Å². The second kappa shape index (κ2) is 5.47. The van der Waals surface area contributed by atoms with Gasteiger partial charge in [-0.2, -0.15) is 0 Å². The highest BCUT2D eigenvalue weighted by Crippen LogP contribution is 2.25. The van der Waals surface area contributed by atoms with Crippen LogP contribution in [0.5, 0.6) is 0 Å². The SMILES string of the molecule is Cn1c(SCCCO)nnc1-c1cccs1. The molecule has 0 radical (unpaired) electrons. The molecule has 2 heterocycles. The molecule has 0 saturated carbocycles. The van der Waals surface area contributed by atoms with Crippen molar-refractivity contribution in [3.8, 4) is 10.7 Å². The topological polar surface area (TPSA) is 50.9 Å². The van der Waals surface area contributed by atoms with E-state index in [1.807, 2.05) is 29.1 Å². The molecule has 0 spiro atoms. The summed E-state index contributed by atoms with van der Waals surface area (Å²) in [5, 5.41) is 20.0. The summed E-state index contributed by atoms with van der Waals surface area (Å²) in [6, 6.07) is 4.05. The Morgan fingerprint density at radius 1 is 1.50 bits per heavy atom. The van der Waals surface area contributed by atoms with Crippen molar-refractivity contribution in [2.45, 2.75) is 11.6 Å². The van der Waals surface area contributed by atoms with Crippen molar-refractivity contribution in [2.24, 2.45) is 7.05 Å². The molecule has 0 unspecified atom stereocenters. The van der Waals surface area contributed by atoms with E-state index in [0.717, 1.165) is 28.0 Å². The molecule has 0 aliphatic heterocycles. The van der Waals surface area contributed by atoms with Crippen LogP contribution < -0.4 is 0 Å². The van der Waals surface area contributed by atoms with E-state index < -0.39 is 0 Å². The minimum absolute atomic E-state index is 0.225. The lowest BCUT2D eigenvalue weighted by atomic mass is 10.4. The van der Waals surface area contributed by atoms with Crippen molar-refractivity contribution < 1.29 is 5.11 Å².